The van der Waals surface area contributed by atoms with E-state index in [1.165, 1.54) is 0 Å². The molecule has 0 spiro atoms. The van der Waals surface area contributed by atoms with Crippen LogP contribution in [-0.2, 0) is 11.2 Å². The van der Waals surface area contributed by atoms with Crippen molar-refractivity contribution in [3.8, 4) is 0 Å². The SMILES string of the molecule is CC(C)CCNC(=O)Nc1nnc(C(=O)N2CCN(C(=O)OC(C)(C)C)C(CC(C)C)C2)cc1CC(C)C. The van der Waals surface area contributed by atoms with E-state index in [0.717, 1.165) is 18.4 Å². The first-order valence-electron chi connectivity index (χ1n) is 13.9. The number of piperazine rings is 1. The molecule has 10 nitrogen and oxygen atoms in total. The first kappa shape index (κ1) is 31.3. The van der Waals surface area contributed by atoms with Gasteiger partial charge in [0.15, 0.2) is 11.5 Å². The Bertz CT molecular complexity index is 957. The molecule has 1 aliphatic heterocycles. The number of amides is 4. The second-order valence-corrected chi connectivity index (χ2v) is 12.5. The fraction of sp³-hybridized carbons (Fsp3) is 0.750. The number of hydrogen-bond donors (Lipinski definition) is 2. The van der Waals surface area contributed by atoms with Gasteiger partial charge in [-0.3, -0.25) is 10.1 Å². The zero-order valence-corrected chi connectivity index (χ0v) is 24.8. The summed E-state index contributed by atoms with van der Waals surface area (Å²) in [5.74, 6) is 1.26. The molecule has 0 bridgehead atoms. The molecule has 1 saturated heterocycles. The normalized spacial score (nSPS) is 16.3. The van der Waals surface area contributed by atoms with Crippen molar-refractivity contribution in [2.75, 3.05) is 31.5 Å². The van der Waals surface area contributed by atoms with Crippen molar-refractivity contribution in [1.82, 2.24) is 25.3 Å². The largest absolute Gasteiger partial charge is 0.444 e. The second kappa shape index (κ2) is 13.8. The van der Waals surface area contributed by atoms with Gasteiger partial charge in [-0.05, 0) is 69.4 Å². The topological polar surface area (TPSA) is 117 Å². The second-order valence-electron chi connectivity index (χ2n) is 12.5. The summed E-state index contributed by atoms with van der Waals surface area (Å²) in [6.07, 6.45) is 1.92. The zero-order valence-electron chi connectivity index (χ0n) is 24.8. The van der Waals surface area contributed by atoms with Crippen LogP contribution in [0.2, 0.25) is 0 Å². The Labute approximate surface area is 228 Å². The molecular weight excluding hydrogens is 484 g/mol. The zero-order chi connectivity index (χ0) is 28.6. The van der Waals surface area contributed by atoms with Gasteiger partial charge in [0.2, 0.25) is 0 Å². The molecule has 0 aromatic carbocycles. The minimum Gasteiger partial charge on any atom is -0.444 e. The van der Waals surface area contributed by atoms with Crippen LogP contribution in [0.15, 0.2) is 6.07 Å². The third kappa shape index (κ3) is 10.1. The number of ether oxygens (including phenoxy) is 1. The molecule has 0 radical (unpaired) electrons. The fourth-order valence-corrected chi connectivity index (χ4v) is 4.37. The van der Waals surface area contributed by atoms with E-state index in [-0.39, 0.29) is 29.8 Å². The Balaban J connectivity index is 2.19. The van der Waals surface area contributed by atoms with Crippen LogP contribution in [0.25, 0.3) is 0 Å². The summed E-state index contributed by atoms with van der Waals surface area (Å²) in [5, 5.41) is 14.0. The van der Waals surface area contributed by atoms with Crippen molar-refractivity contribution in [2.45, 2.75) is 93.2 Å². The molecule has 1 aromatic rings. The lowest BCUT2D eigenvalue weighted by Crippen LogP contribution is -2.57. The van der Waals surface area contributed by atoms with E-state index in [4.69, 9.17) is 4.74 Å². The Morgan fingerprint density at radius 1 is 1.03 bits per heavy atom. The molecule has 2 heterocycles. The number of hydrogen-bond acceptors (Lipinski definition) is 6. The highest BCUT2D eigenvalue weighted by Gasteiger charge is 2.36. The van der Waals surface area contributed by atoms with E-state index >= 15 is 0 Å². The Morgan fingerprint density at radius 2 is 1.71 bits per heavy atom. The monoisotopic (exact) mass is 532 g/mol. The van der Waals surface area contributed by atoms with E-state index in [1.807, 2.05) is 20.8 Å². The van der Waals surface area contributed by atoms with Crippen molar-refractivity contribution in [3.05, 3.63) is 17.3 Å². The highest BCUT2D eigenvalue weighted by molar-refractivity contribution is 5.94. The molecule has 214 valence electrons. The summed E-state index contributed by atoms with van der Waals surface area (Å²) < 4.78 is 5.62. The van der Waals surface area contributed by atoms with E-state index in [9.17, 15) is 14.4 Å². The lowest BCUT2D eigenvalue weighted by Gasteiger charge is -2.42. The third-order valence-corrected chi connectivity index (χ3v) is 6.10. The fourth-order valence-electron chi connectivity index (χ4n) is 4.37. The molecule has 0 saturated carbocycles. The van der Waals surface area contributed by atoms with Gasteiger partial charge in [0.05, 0.1) is 6.04 Å². The van der Waals surface area contributed by atoms with Crippen LogP contribution in [0.1, 0.15) is 91.2 Å². The quantitative estimate of drug-likeness (QED) is 0.465. The third-order valence-electron chi connectivity index (χ3n) is 6.10. The molecular formula is C28H48N6O4. The summed E-state index contributed by atoms with van der Waals surface area (Å²) >= 11 is 0. The molecule has 4 amide bonds. The van der Waals surface area contributed by atoms with E-state index in [2.05, 4.69) is 62.4 Å². The van der Waals surface area contributed by atoms with Gasteiger partial charge in [0.1, 0.15) is 5.60 Å². The van der Waals surface area contributed by atoms with Gasteiger partial charge in [-0.2, -0.15) is 0 Å². The number of carbonyl (C=O) groups excluding carboxylic acids is 3. The molecule has 38 heavy (non-hydrogen) atoms. The molecule has 1 aliphatic rings. The predicted octanol–water partition coefficient (Wildman–Crippen LogP) is 4.95. The van der Waals surface area contributed by atoms with Gasteiger partial charge in [-0.25, -0.2) is 9.59 Å². The summed E-state index contributed by atoms with van der Waals surface area (Å²) in [6.45, 7) is 19.8. The van der Waals surface area contributed by atoms with Crippen LogP contribution >= 0.6 is 0 Å². The first-order valence-corrected chi connectivity index (χ1v) is 13.9. The van der Waals surface area contributed by atoms with Crippen molar-refractivity contribution in [3.63, 3.8) is 0 Å². The van der Waals surface area contributed by atoms with Crippen LogP contribution in [0.4, 0.5) is 15.4 Å². The van der Waals surface area contributed by atoms with Crippen LogP contribution in [0, 0.1) is 17.8 Å². The Morgan fingerprint density at radius 3 is 2.29 bits per heavy atom. The predicted molar refractivity (Wildman–Crippen MR) is 149 cm³/mol. The molecule has 1 atom stereocenters. The first-order chi connectivity index (χ1) is 17.7. The lowest BCUT2D eigenvalue weighted by atomic mass is 9.99. The van der Waals surface area contributed by atoms with Crippen molar-refractivity contribution < 1.29 is 19.1 Å². The molecule has 1 aromatic heterocycles. The molecule has 2 rings (SSSR count). The summed E-state index contributed by atoms with van der Waals surface area (Å²) in [6, 6.07) is 1.25. The van der Waals surface area contributed by atoms with E-state index in [0.29, 0.717) is 56.2 Å². The number of anilines is 1. The average Bonchev–Trinajstić information content (AvgIpc) is 2.77. The Kier molecular flexibility index (Phi) is 11.3. The van der Waals surface area contributed by atoms with Crippen LogP contribution in [-0.4, -0.2) is 75.9 Å². The molecule has 2 N–H and O–H groups in total. The van der Waals surface area contributed by atoms with Gasteiger partial charge < -0.3 is 19.9 Å². The molecule has 1 unspecified atom stereocenters. The van der Waals surface area contributed by atoms with E-state index < -0.39 is 5.60 Å². The smallest absolute Gasteiger partial charge is 0.410 e. The number of aromatic nitrogens is 2. The highest BCUT2D eigenvalue weighted by atomic mass is 16.6. The molecule has 1 fully saturated rings. The van der Waals surface area contributed by atoms with E-state index in [1.54, 1.807) is 15.9 Å². The number of rotatable bonds is 9. The van der Waals surface area contributed by atoms with Crippen LogP contribution in [0.5, 0.6) is 0 Å². The minimum atomic E-state index is -0.587. The maximum Gasteiger partial charge on any atom is 0.410 e. The number of urea groups is 1. The summed E-state index contributed by atoms with van der Waals surface area (Å²) in [7, 11) is 0. The van der Waals surface area contributed by atoms with Gasteiger partial charge >= 0.3 is 12.1 Å². The lowest BCUT2D eigenvalue weighted by molar-refractivity contribution is -0.00368. The maximum atomic E-state index is 13.5. The summed E-state index contributed by atoms with van der Waals surface area (Å²) in [4.78, 5) is 42.2. The van der Waals surface area contributed by atoms with Crippen LogP contribution < -0.4 is 10.6 Å². The number of nitrogens with zero attached hydrogens (tertiary/aromatic N) is 4. The highest BCUT2D eigenvalue weighted by Crippen LogP contribution is 2.23. The van der Waals surface area contributed by atoms with Crippen LogP contribution in [0.3, 0.4) is 0 Å². The minimum absolute atomic E-state index is 0.152. The number of carbonyl (C=O) groups is 3. The van der Waals surface area contributed by atoms with Crippen molar-refractivity contribution >= 4 is 23.8 Å². The van der Waals surface area contributed by atoms with Crippen molar-refractivity contribution in [1.29, 1.82) is 0 Å². The maximum absolute atomic E-state index is 13.5. The Hall–Kier alpha value is -2.91. The number of nitrogens with one attached hydrogen (secondary N) is 2. The van der Waals surface area contributed by atoms with Gasteiger partial charge in [0, 0.05) is 26.2 Å². The molecule has 10 heteroatoms. The van der Waals surface area contributed by atoms with Gasteiger partial charge in [0.25, 0.3) is 5.91 Å². The van der Waals surface area contributed by atoms with Crippen molar-refractivity contribution in [2.24, 2.45) is 17.8 Å². The summed E-state index contributed by atoms with van der Waals surface area (Å²) in [5.41, 5.74) is 0.416. The molecule has 0 aliphatic carbocycles. The van der Waals surface area contributed by atoms with Gasteiger partial charge in [-0.1, -0.05) is 41.5 Å². The average molecular weight is 533 g/mol. The van der Waals surface area contributed by atoms with Gasteiger partial charge in [-0.15, -0.1) is 10.2 Å². The standard InChI is InChI=1S/C28H48N6O4/c1-18(2)10-11-29-26(36)30-24-21(14-19(3)4)16-23(31-32-24)25(35)33-12-13-34(22(17-33)15-20(5)6)27(37)38-28(7,8)9/h16,18-20,22H,10-15,17H2,1-9H3,(H2,29,30,32,36).